The summed E-state index contributed by atoms with van der Waals surface area (Å²) in [5.41, 5.74) is 2.38. The molecule has 0 saturated heterocycles. The van der Waals surface area contributed by atoms with Crippen molar-refractivity contribution in [3.8, 4) is 12.3 Å². The molecule has 0 heterocycles. The fourth-order valence-electron chi connectivity index (χ4n) is 2.10. The van der Waals surface area contributed by atoms with E-state index in [9.17, 15) is 0 Å². The number of benzene rings is 2. The summed E-state index contributed by atoms with van der Waals surface area (Å²) >= 11 is 0. The minimum absolute atomic E-state index is 0.203. The molecule has 0 aliphatic rings. The maximum atomic E-state index is 5.60. The van der Waals surface area contributed by atoms with Crippen LogP contribution in [0.1, 0.15) is 44.7 Å². The van der Waals surface area contributed by atoms with Crippen LogP contribution in [0.3, 0.4) is 0 Å². The second-order valence-corrected chi connectivity index (χ2v) is 5.75. The van der Waals surface area contributed by atoms with Crippen LogP contribution in [0, 0.1) is 12.3 Å². The normalized spacial score (nSPS) is 11.8. The fourth-order valence-corrected chi connectivity index (χ4v) is 2.10. The zero-order chi connectivity index (χ0) is 13.3. The molecule has 0 N–H and O–H groups in total. The quantitative estimate of drug-likeness (QED) is 0.652. The Kier molecular flexibility index (Phi) is 3.18. The standard InChI is InChI=1S/C18H20/c1-6-18(4,5)17-10-9-15-11-14(13(2)3)7-8-16(15)12-17/h1,7-13H,2-5H3. The van der Waals surface area contributed by atoms with Crippen molar-refractivity contribution in [1.29, 1.82) is 0 Å². The largest absolute Gasteiger partial charge is 0.119 e. The van der Waals surface area contributed by atoms with Gasteiger partial charge < -0.3 is 0 Å². The summed E-state index contributed by atoms with van der Waals surface area (Å²) in [5.74, 6) is 3.42. The molecule has 0 amide bonds. The number of hydrogen-bond donors (Lipinski definition) is 0. The highest BCUT2D eigenvalue weighted by Gasteiger charge is 2.17. The Morgan fingerprint density at radius 1 is 1.00 bits per heavy atom. The van der Waals surface area contributed by atoms with Gasteiger partial charge in [-0.05, 0) is 47.7 Å². The Balaban J connectivity index is 2.55. The van der Waals surface area contributed by atoms with E-state index in [1.807, 2.05) is 0 Å². The summed E-state index contributed by atoms with van der Waals surface area (Å²) < 4.78 is 0. The molecule has 0 saturated carbocycles. The maximum Gasteiger partial charge on any atom is 0.0504 e. The molecular weight excluding hydrogens is 216 g/mol. The topological polar surface area (TPSA) is 0 Å². The molecule has 2 aromatic carbocycles. The van der Waals surface area contributed by atoms with Gasteiger partial charge in [0.25, 0.3) is 0 Å². The lowest BCUT2D eigenvalue weighted by Gasteiger charge is -2.18. The van der Waals surface area contributed by atoms with Gasteiger partial charge >= 0.3 is 0 Å². The van der Waals surface area contributed by atoms with E-state index in [0.717, 1.165) is 0 Å². The second kappa shape index (κ2) is 4.50. The van der Waals surface area contributed by atoms with Crippen LogP contribution in [0.5, 0.6) is 0 Å². The molecule has 0 atom stereocenters. The summed E-state index contributed by atoms with van der Waals surface area (Å²) in [5, 5.41) is 2.55. The van der Waals surface area contributed by atoms with Crippen LogP contribution in [0.25, 0.3) is 10.8 Å². The second-order valence-electron chi connectivity index (χ2n) is 5.75. The van der Waals surface area contributed by atoms with Crippen LogP contribution in [-0.4, -0.2) is 0 Å². The van der Waals surface area contributed by atoms with Crippen molar-refractivity contribution in [3.63, 3.8) is 0 Å². The molecule has 2 rings (SSSR count). The van der Waals surface area contributed by atoms with Crippen molar-refractivity contribution in [3.05, 3.63) is 47.5 Å². The summed E-state index contributed by atoms with van der Waals surface area (Å²) in [4.78, 5) is 0. The van der Waals surface area contributed by atoms with Gasteiger partial charge in [-0.1, -0.05) is 50.1 Å². The van der Waals surface area contributed by atoms with E-state index in [0.29, 0.717) is 5.92 Å². The van der Waals surface area contributed by atoms with Crippen LogP contribution in [0.2, 0.25) is 0 Å². The first-order valence-corrected chi connectivity index (χ1v) is 6.46. The van der Waals surface area contributed by atoms with Crippen LogP contribution < -0.4 is 0 Å². The molecule has 0 radical (unpaired) electrons. The van der Waals surface area contributed by atoms with Crippen molar-refractivity contribution >= 4 is 10.8 Å². The van der Waals surface area contributed by atoms with Crippen molar-refractivity contribution in [2.45, 2.75) is 39.0 Å². The summed E-state index contributed by atoms with van der Waals surface area (Å²) in [6, 6.07) is 13.2. The Morgan fingerprint density at radius 3 is 2.22 bits per heavy atom. The van der Waals surface area contributed by atoms with Gasteiger partial charge in [0, 0.05) is 0 Å². The van der Waals surface area contributed by atoms with Crippen LogP contribution >= 0.6 is 0 Å². The zero-order valence-corrected chi connectivity index (χ0v) is 11.6. The Morgan fingerprint density at radius 2 is 1.61 bits per heavy atom. The molecule has 18 heavy (non-hydrogen) atoms. The average Bonchev–Trinajstić information content (AvgIpc) is 2.37. The number of terminal acetylenes is 1. The van der Waals surface area contributed by atoms with E-state index in [4.69, 9.17) is 6.42 Å². The van der Waals surface area contributed by atoms with Crippen LogP contribution in [-0.2, 0) is 5.41 Å². The SMILES string of the molecule is C#CC(C)(C)c1ccc2cc(C(C)C)ccc2c1. The Bertz CT molecular complexity index is 609. The highest BCUT2D eigenvalue weighted by molar-refractivity contribution is 5.84. The van der Waals surface area contributed by atoms with Gasteiger partial charge in [-0.3, -0.25) is 0 Å². The lowest BCUT2D eigenvalue weighted by molar-refractivity contribution is 0.700. The Labute approximate surface area is 110 Å². The van der Waals surface area contributed by atoms with Gasteiger partial charge in [-0.15, -0.1) is 6.42 Å². The van der Waals surface area contributed by atoms with Crippen LogP contribution in [0.4, 0.5) is 0 Å². The molecule has 92 valence electrons. The summed E-state index contributed by atoms with van der Waals surface area (Å²) in [6.07, 6.45) is 5.60. The first-order chi connectivity index (χ1) is 8.44. The van der Waals surface area contributed by atoms with Crippen LogP contribution in [0.15, 0.2) is 36.4 Å². The van der Waals surface area contributed by atoms with Gasteiger partial charge in [-0.25, -0.2) is 0 Å². The lowest BCUT2D eigenvalue weighted by atomic mass is 9.84. The molecule has 0 unspecified atom stereocenters. The van der Waals surface area contributed by atoms with E-state index in [1.165, 1.54) is 21.9 Å². The number of fused-ring (bicyclic) bond motifs is 1. The van der Waals surface area contributed by atoms with E-state index >= 15 is 0 Å². The highest BCUT2D eigenvalue weighted by Crippen LogP contribution is 2.27. The van der Waals surface area contributed by atoms with Crippen molar-refractivity contribution < 1.29 is 0 Å². The third-order valence-corrected chi connectivity index (χ3v) is 3.61. The van der Waals surface area contributed by atoms with Gasteiger partial charge in [0.1, 0.15) is 0 Å². The Hall–Kier alpha value is -1.74. The van der Waals surface area contributed by atoms with E-state index < -0.39 is 0 Å². The van der Waals surface area contributed by atoms with Gasteiger partial charge in [-0.2, -0.15) is 0 Å². The first-order valence-electron chi connectivity index (χ1n) is 6.46. The zero-order valence-electron chi connectivity index (χ0n) is 11.6. The third-order valence-electron chi connectivity index (χ3n) is 3.61. The lowest BCUT2D eigenvalue weighted by Crippen LogP contribution is -2.13. The molecular formula is C18H20. The molecule has 0 aliphatic carbocycles. The molecule has 0 spiro atoms. The van der Waals surface area contributed by atoms with E-state index in [2.05, 4.69) is 70.0 Å². The molecule has 2 aromatic rings. The maximum absolute atomic E-state index is 5.60. The number of rotatable bonds is 2. The minimum Gasteiger partial charge on any atom is -0.119 e. The average molecular weight is 236 g/mol. The fraction of sp³-hybridized carbons (Fsp3) is 0.333. The smallest absolute Gasteiger partial charge is 0.0504 e. The molecule has 0 nitrogen and oxygen atoms in total. The third kappa shape index (κ3) is 2.27. The predicted octanol–water partition coefficient (Wildman–Crippen LogP) is 4.87. The molecule has 0 heteroatoms. The van der Waals surface area contributed by atoms with E-state index in [1.54, 1.807) is 0 Å². The van der Waals surface area contributed by atoms with Crippen molar-refractivity contribution in [2.24, 2.45) is 0 Å². The van der Waals surface area contributed by atoms with Gasteiger partial charge in [0.05, 0.1) is 5.41 Å². The number of hydrogen-bond acceptors (Lipinski definition) is 0. The molecule has 0 aromatic heterocycles. The summed E-state index contributed by atoms with van der Waals surface area (Å²) in [6.45, 7) is 8.60. The van der Waals surface area contributed by atoms with Gasteiger partial charge in [0.15, 0.2) is 0 Å². The van der Waals surface area contributed by atoms with Crippen molar-refractivity contribution in [1.82, 2.24) is 0 Å². The first kappa shape index (κ1) is 12.7. The molecule has 0 fully saturated rings. The van der Waals surface area contributed by atoms with Crippen molar-refractivity contribution in [2.75, 3.05) is 0 Å². The highest BCUT2D eigenvalue weighted by atomic mass is 14.2. The van der Waals surface area contributed by atoms with Gasteiger partial charge in [0.2, 0.25) is 0 Å². The van der Waals surface area contributed by atoms with E-state index in [-0.39, 0.29) is 5.41 Å². The molecule has 0 bridgehead atoms. The monoisotopic (exact) mass is 236 g/mol. The summed E-state index contributed by atoms with van der Waals surface area (Å²) in [7, 11) is 0. The predicted molar refractivity (Wildman–Crippen MR) is 79.9 cm³/mol. The minimum atomic E-state index is -0.203. The molecule has 0 aliphatic heterocycles.